The fourth-order valence-corrected chi connectivity index (χ4v) is 9.89. The number of aromatic hydroxyl groups is 1. The van der Waals surface area contributed by atoms with E-state index in [1.807, 2.05) is 6.08 Å². The van der Waals surface area contributed by atoms with Crippen molar-refractivity contribution in [2.24, 2.45) is 52.3 Å². The van der Waals surface area contributed by atoms with Gasteiger partial charge in [0.15, 0.2) is 17.4 Å². The van der Waals surface area contributed by atoms with Gasteiger partial charge in [-0.25, -0.2) is 8.78 Å². The highest BCUT2D eigenvalue weighted by Gasteiger charge is 2.64. The number of phenols is 1. The van der Waals surface area contributed by atoms with E-state index in [4.69, 9.17) is 0 Å². The fourth-order valence-electron chi connectivity index (χ4n) is 9.89. The summed E-state index contributed by atoms with van der Waals surface area (Å²) in [5.41, 5.74) is 0.833. The average Bonchev–Trinajstić information content (AvgIpc) is 3.19. The summed E-state index contributed by atoms with van der Waals surface area (Å²) >= 11 is 0. The summed E-state index contributed by atoms with van der Waals surface area (Å²) in [5, 5.41) is 31.4. The third-order valence-corrected chi connectivity index (χ3v) is 11.8. The second kappa shape index (κ2) is 9.38. The van der Waals surface area contributed by atoms with E-state index in [0.717, 1.165) is 50.7 Å². The molecule has 3 nitrogen and oxygen atoms in total. The molecule has 0 radical (unpaired) electrons. The van der Waals surface area contributed by atoms with E-state index in [-0.39, 0.29) is 29.0 Å². The number of fused-ring (bicyclic) bond motifs is 5. The van der Waals surface area contributed by atoms with Crippen LogP contribution in [0.5, 0.6) is 5.75 Å². The summed E-state index contributed by atoms with van der Waals surface area (Å²) in [7, 11) is 0. The molecule has 3 N–H and O–H groups in total. The minimum Gasteiger partial charge on any atom is -0.503 e. The molecular weight excluding hydrogens is 458 g/mol. The molecule has 0 spiro atoms. The van der Waals surface area contributed by atoms with E-state index in [9.17, 15) is 24.1 Å². The largest absolute Gasteiger partial charge is 0.503 e. The van der Waals surface area contributed by atoms with Crippen LogP contribution in [0, 0.1) is 63.9 Å². The van der Waals surface area contributed by atoms with Crippen molar-refractivity contribution in [1.29, 1.82) is 0 Å². The van der Waals surface area contributed by atoms with Crippen LogP contribution in [-0.4, -0.2) is 27.5 Å². The molecule has 0 unspecified atom stereocenters. The summed E-state index contributed by atoms with van der Waals surface area (Å²) < 4.78 is 27.4. The van der Waals surface area contributed by atoms with Crippen LogP contribution in [0.4, 0.5) is 8.78 Å². The minimum atomic E-state index is -0.936. The lowest BCUT2D eigenvalue weighted by Crippen LogP contribution is -2.61. The standard InChI is InChI=1S/C31H44F2O3/c1-17(6-5-7-19-14-25(32)29(36)26(33)15-19)21-8-9-22-27-23(11-13-30(21,22)3)31(4)12-10-20(34)16-24(31)18(2)28(27)35/h5,7,14-15,17-18,20-24,27-28,34-36H,6,8-13,16H2,1-4H3/b7-5+/t17-,18-,20-,21-,22+,23+,24+,27+,28-,30-,31-/m1/s1. The van der Waals surface area contributed by atoms with Crippen LogP contribution >= 0.6 is 0 Å². The Morgan fingerprint density at radius 1 is 0.972 bits per heavy atom. The van der Waals surface area contributed by atoms with Gasteiger partial charge < -0.3 is 15.3 Å². The predicted molar refractivity (Wildman–Crippen MR) is 138 cm³/mol. The number of hydrogen-bond acceptors (Lipinski definition) is 3. The first-order chi connectivity index (χ1) is 17.0. The summed E-state index contributed by atoms with van der Waals surface area (Å²) in [4.78, 5) is 0. The van der Waals surface area contributed by atoms with Crippen LogP contribution in [0.15, 0.2) is 18.2 Å². The van der Waals surface area contributed by atoms with Crippen molar-refractivity contribution >= 4 is 6.08 Å². The van der Waals surface area contributed by atoms with Crippen molar-refractivity contribution in [3.8, 4) is 5.75 Å². The van der Waals surface area contributed by atoms with Crippen LogP contribution in [-0.2, 0) is 0 Å². The lowest BCUT2D eigenvalue weighted by molar-refractivity contribution is -0.199. The van der Waals surface area contributed by atoms with E-state index >= 15 is 0 Å². The molecule has 0 saturated heterocycles. The lowest BCUT2D eigenvalue weighted by Gasteiger charge is -2.64. The molecule has 1 aromatic carbocycles. The molecule has 4 fully saturated rings. The van der Waals surface area contributed by atoms with Crippen molar-refractivity contribution in [3.63, 3.8) is 0 Å². The zero-order valence-electron chi connectivity index (χ0n) is 22.3. The zero-order chi connectivity index (χ0) is 26.0. The summed E-state index contributed by atoms with van der Waals surface area (Å²) in [6.07, 6.45) is 11.6. The molecule has 4 saturated carbocycles. The zero-order valence-corrected chi connectivity index (χ0v) is 22.3. The van der Waals surface area contributed by atoms with Crippen LogP contribution in [0.3, 0.4) is 0 Å². The highest BCUT2D eigenvalue weighted by atomic mass is 19.1. The SMILES string of the molecule is C[C@H]1[C@@H](O)[C@@H]2[C@H](CC[C@]3(C)[C@@H]([C@H](C)C/C=C/c4cc(F)c(O)c(F)c4)CC[C@@H]23)[C@@]2(C)CC[C@@H](O)C[C@@H]12. The summed E-state index contributed by atoms with van der Waals surface area (Å²) in [6.45, 7) is 9.45. The third-order valence-electron chi connectivity index (χ3n) is 11.8. The normalized spacial score (nSPS) is 45.2. The molecule has 4 aliphatic rings. The van der Waals surface area contributed by atoms with Crippen LogP contribution in [0.2, 0.25) is 0 Å². The Morgan fingerprint density at radius 2 is 1.61 bits per heavy atom. The topological polar surface area (TPSA) is 60.7 Å². The van der Waals surface area contributed by atoms with Crippen LogP contribution < -0.4 is 0 Å². The predicted octanol–water partition coefficient (Wildman–Crippen LogP) is 6.95. The summed E-state index contributed by atoms with van der Waals surface area (Å²) in [5.74, 6) is 0.215. The number of hydrogen-bond donors (Lipinski definition) is 3. The first-order valence-electron chi connectivity index (χ1n) is 14.2. The van der Waals surface area contributed by atoms with E-state index in [1.165, 1.54) is 12.8 Å². The maximum Gasteiger partial charge on any atom is 0.187 e. The first-order valence-corrected chi connectivity index (χ1v) is 14.2. The van der Waals surface area contributed by atoms with Gasteiger partial charge in [0, 0.05) is 0 Å². The van der Waals surface area contributed by atoms with Gasteiger partial charge in [0.2, 0.25) is 0 Å². The van der Waals surface area contributed by atoms with E-state index in [0.29, 0.717) is 41.1 Å². The van der Waals surface area contributed by atoms with Crippen molar-refractivity contribution in [2.75, 3.05) is 0 Å². The monoisotopic (exact) mass is 502 g/mol. The molecule has 0 aliphatic heterocycles. The summed E-state index contributed by atoms with van der Waals surface area (Å²) in [6, 6.07) is 2.33. The fraction of sp³-hybridized carbons (Fsp3) is 0.742. The Labute approximate surface area is 215 Å². The highest BCUT2D eigenvalue weighted by molar-refractivity contribution is 5.51. The number of halogens is 2. The second-order valence-corrected chi connectivity index (χ2v) is 13.4. The first kappa shape index (κ1) is 26.2. The Hall–Kier alpha value is -1.46. The molecule has 1 aromatic rings. The maximum absolute atomic E-state index is 13.7. The van der Waals surface area contributed by atoms with Gasteiger partial charge in [-0.1, -0.05) is 39.8 Å². The number of benzene rings is 1. The number of aliphatic hydroxyl groups excluding tert-OH is 2. The average molecular weight is 503 g/mol. The molecule has 200 valence electrons. The molecule has 11 atom stereocenters. The van der Waals surface area contributed by atoms with Gasteiger partial charge in [-0.3, -0.25) is 0 Å². The molecule has 0 aromatic heterocycles. The number of phenolic OH excluding ortho intramolecular Hbond substituents is 1. The van der Waals surface area contributed by atoms with Crippen molar-refractivity contribution in [2.45, 2.75) is 91.3 Å². The van der Waals surface area contributed by atoms with Gasteiger partial charge >= 0.3 is 0 Å². The van der Waals surface area contributed by atoms with Crippen molar-refractivity contribution in [3.05, 3.63) is 35.4 Å². The van der Waals surface area contributed by atoms with Crippen molar-refractivity contribution in [1.82, 2.24) is 0 Å². The van der Waals surface area contributed by atoms with Crippen molar-refractivity contribution < 1.29 is 24.1 Å². The molecule has 5 heteroatoms. The van der Waals surface area contributed by atoms with E-state index in [1.54, 1.807) is 6.08 Å². The van der Waals surface area contributed by atoms with Crippen LogP contribution in [0.25, 0.3) is 6.08 Å². The van der Waals surface area contributed by atoms with Gasteiger partial charge in [0.05, 0.1) is 12.2 Å². The lowest BCUT2D eigenvalue weighted by atomic mass is 9.42. The quantitative estimate of drug-likeness (QED) is 0.418. The van der Waals surface area contributed by atoms with Crippen LogP contribution in [0.1, 0.15) is 84.6 Å². The molecule has 0 bridgehead atoms. The smallest absolute Gasteiger partial charge is 0.187 e. The van der Waals surface area contributed by atoms with E-state index in [2.05, 4.69) is 27.7 Å². The Balaban J connectivity index is 1.32. The number of rotatable bonds is 4. The molecule has 5 rings (SSSR count). The van der Waals surface area contributed by atoms with E-state index < -0.39 is 17.4 Å². The third kappa shape index (κ3) is 4.04. The minimum absolute atomic E-state index is 0.198. The maximum atomic E-state index is 13.7. The van der Waals surface area contributed by atoms with Gasteiger partial charge in [0.25, 0.3) is 0 Å². The Kier molecular flexibility index (Phi) is 6.81. The Morgan fingerprint density at radius 3 is 2.31 bits per heavy atom. The number of aliphatic hydroxyl groups is 2. The van der Waals surface area contributed by atoms with Gasteiger partial charge in [0.1, 0.15) is 0 Å². The van der Waals surface area contributed by atoms with Gasteiger partial charge in [-0.15, -0.1) is 0 Å². The molecule has 36 heavy (non-hydrogen) atoms. The number of allylic oxidation sites excluding steroid dienone is 1. The van der Waals surface area contributed by atoms with Gasteiger partial charge in [-0.2, -0.15) is 0 Å². The molecule has 0 heterocycles. The Bertz CT molecular complexity index is 987. The second-order valence-electron chi connectivity index (χ2n) is 13.4. The van der Waals surface area contributed by atoms with Gasteiger partial charge in [-0.05, 0) is 121 Å². The molecule has 4 aliphatic carbocycles. The molecule has 0 amide bonds. The highest BCUT2D eigenvalue weighted by Crippen LogP contribution is 2.69. The molecular formula is C31H44F2O3.